The van der Waals surface area contributed by atoms with Gasteiger partial charge in [-0.25, -0.2) is 9.97 Å². The first kappa shape index (κ1) is 27.7. The number of carbonyl (C=O) groups is 1. The van der Waals surface area contributed by atoms with Crippen molar-refractivity contribution in [3.8, 4) is 11.3 Å². The number of hydrogen-bond acceptors (Lipinski definition) is 6. The normalized spacial score (nSPS) is 14.7. The summed E-state index contributed by atoms with van der Waals surface area (Å²) in [4.78, 5) is 34.6. The van der Waals surface area contributed by atoms with Gasteiger partial charge >= 0.3 is 6.18 Å². The monoisotopic (exact) mass is 550 g/mol. The second-order valence-corrected chi connectivity index (χ2v) is 9.74. The first-order valence-corrected chi connectivity index (χ1v) is 12.3. The van der Waals surface area contributed by atoms with Crippen LogP contribution in [0.3, 0.4) is 0 Å². The molecular weight excluding hydrogens is 525 g/mol. The van der Waals surface area contributed by atoms with Gasteiger partial charge in [-0.2, -0.15) is 13.2 Å². The number of pyridine rings is 1. The Labute approximate surface area is 221 Å². The zero-order valence-corrected chi connectivity index (χ0v) is 21.1. The second-order valence-electron chi connectivity index (χ2n) is 9.31. The van der Waals surface area contributed by atoms with Crippen LogP contribution >= 0.6 is 11.6 Å². The summed E-state index contributed by atoms with van der Waals surface area (Å²) in [5, 5.41) is 12.8. The standard InChI is InChI=1S/C26H26ClF3N4O4/c27-18-8-6-17(7-9-18)21-11-23(36)34(22(33-21)5-2-10-26(28,29)30)12-19-3-1-4-20(32-19)24(37)31-13-25(14-35)15-38-16-25/h1,3-4,6-9,11,35H,2,5,10,12-16H2,(H,31,37). The quantitative estimate of drug-likeness (QED) is 0.399. The maximum Gasteiger partial charge on any atom is 0.389 e. The molecule has 3 aromatic rings. The van der Waals surface area contributed by atoms with Crippen molar-refractivity contribution >= 4 is 17.5 Å². The third-order valence-electron chi connectivity index (χ3n) is 6.22. The Kier molecular flexibility index (Phi) is 8.49. The van der Waals surface area contributed by atoms with Crippen LogP contribution in [0, 0.1) is 5.41 Å². The van der Waals surface area contributed by atoms with Gasteiger partial charge < -0.3 is 15.2 Å². The SMILES string of the molecule is O=C(NCC1(CO)COC1)c1cccc(Cn2c(CCCC(F)(F)F)nc(-c3ccc(Cl)cc3)cc2=O)n1. The van der Waals surface area contributed by atoms with E-state index < -0.39 is 29.5 Å². The van der Waals surface area contributed by atoms with E-state index in [-0.39, 0.29) is 44.1 Å². The molecule has 0 saturated carbocycles. The number of aliphatic hydroxyl groups excluding tert-OH is 1. The number of rotatable bonds is 10. The molecule has 0 aliphatic carbocycles. The molecule has 1 aliphatic heterocycles. The Balaban J connectivity index is 1.57. The van der Waals surface area contributed by atoms with Gasteiger partial charge in [0.2, 0.25) is 0 Å². The van der Waals surface area contributed by atoms with E-state index in [0.29, 0.717) is 35.2 Å². The second kappa shape index (κ2) is 11.6. The number of amides is 1. The van der Waals surface area contributed by atoms with Crippen LogP contribution in [-0.4, -0.2) is 58.1 Å². The zero-order valence-electron chi connectivity index (χ0n) is 20.3. The van der Waals surface area contributed by atoms with Gasteiger partial charge in [0.1, 0.15) is 11.5 Å². The fraction of sp³-hybridized carbons (Fsp3) is 0.385. The van der Waals surface area contributed by atoms with Crippen LogP contribution < -0.4 is 10.9 Å². The third kappa shape index (κ3) is 6.97. The number of halogens is 4. The van der Waals surface area contributed by atoms with Crippen molar-refractivity contribution in [3.63, 3.8) is 0 Å². The van der Waals surface area contributed by atoms with Crippen molar-refractivity contribution in [1.82, 2.24) is 19.9 Å². The lowest BCUT2D eigenvalue weighted by Gasteiger charge is -2.39. The van der Waals surface area contributed by atoms with Crippen LogP contribution in [-0.2, 0) is 17.7 Å². The molecule has 8 nitrogen and oxygen atoms in total. The van der Waals surface area contributed by atoms with Crippen LogP contribution in [0.2, 0.25) is 5.02 Å². The highest BCUT2D eigenvalue weighted by molar-refractivity contribution is 6.30. The Morgan fingerprint density at radius 1 is 1.16 bits per heavy atom. The van der Waals surface area contributed by atoms with Gasteiger partial charge in [0.25, 0.3) is 11.5 Å². The van der Waals surface area contributed by atoms with Crippen LogP contribution in [0.4, 0.5) is 13.2 Å². The van der Waals surface area contributed by atoms with Crippen molar-refractivity contribution in [2.24, 2.45) is 5.41 Å². The summed E-state index contributed by atoms with van der Waals surface area (Å²) in [5.41, 5.74) is 0.422. The molecule has 0 bridgehead atoms. The van der Waals surface area contributed by atoms with E-state index >= 15 is 0 Å². The van der Waals surface area contributed by atoms with Crippen LogP contribution in [0.1, 0.15) is 34.8 Å². The number of aliphatic hydroxyl groups is 1. The molecular formula is C26H26ClF3N4O4. The molecule has 38 heavy (non-hydrogen) atoms. The van der Waals surface area contributed by atoms with Crippen LogP contribution in [0.15, 0.2) is 53.3 Å². The fourth-order valence-corrected chi connectivity index (χ4v) is 4.11. The van der Waals surface area contributed by atoms with E-state index in [1.807, 2.05) is 0 Å². The fourth-order valence-electron chi connectivity index (χ4n) is 3.98. The summed E-state index contributed by atoms with van der Waals surface area (Å²) in [6.07, 6.45) is -5.67. The average molecular weight is 551 g/mol. The minimum absolute atomic E-state index is 0.0797. The van der Waals surface area contributed by atoms with Crippen molar-refractivity contribution in [2.45, 2.75) is 32.0 Å². The number of nitrogens with one attached hydrogen (secondary N) is 1. The van der Waals surface area contributed by atoms with Gasteiger partial charge in [0.05, 0.1) is 43.2 Å². The van der Waals surface area contributed by atoms with Crippen molar-refractivity contribution in [2.75, 3.05) is 26.4 Å². The van der Waals surface area contributed by atoms with Gasteiger partial charge in [-0.3, -0.25) is 14.2 Å². The molecule has 1 saturated heterocycles. The Morgan fingerprint density at radius 2 is 1.89 bits per heavy atom. The number of ether oxygens (including phenoxy) is 1. The predicted molar refractivity (Wildman–Crippen MR) is 134 cm³/mol. The maximum absolute atomic E-state index is 13.1. The van der Waals surface area contributed by atoms with Crippen LogP contribution in [0.5, 0.6) is 0 Å². The summed E-state index contributed by atoms with van der Waals surface area (Å²) < 4.78 is 44.8. The molecule has 2 aromatic heterocycles. The molecule has 0 unspecified atom stereocenters. The number of carbonyl (C=O) groups excluding carboxylic acids is 1. The molecule has 1 amide bonds. The lowest BCUT2D eigenvalue weighted by atomic mass is 9.87. The first-order valence-electron chi connectivity index (χ1n) is 11.9. The molecule has 1 aliphatic rings. The summed E-state index contributed by atoms with van der Waals surface area (Å²) in [6, 6.07) is 12.7. The minimum atomic E-state index is -4.33. The van der Waals surface area contributed by atoms with E-state index in [1.165, 1.54) is 16.7 Å². The first-order chi connectivity index (χ1) is 18.1. The van der Waals surface area contributed by atoms with Gasteiger partial charge in [-0.15, -0.1) is 0 Å². The van der Waals surface area contributed by atoms with E-state index in [1.54, 1.807) is 36.4 Å². The number of benzene rings is 1. The number of alkyl halides is 3. The van der Waals surface area contributed by atoms with E-state index in [0.717, 1.165) is 0 Å². The third-order valence-corrected chi connectivity index (χ3v) is 6.48. The number of hydrogen-bond donors (Lipinski definition) is 2. The Bertz CT molecular complexity index is 1340. The predicted octanol–water partition coefficient (Wildman–Crippen LogP) is 3.63. The van der Waals surface area contributed by atoms with Crippen LogP contribution in [0.25, 0.3) is 11.3 Å². The van der Waals surface area contributed by atoms with Crippen molar-refractivity contribution in [3.05, 3.63) is 81.1 Å². The molecule has 4 rings (SSSR count). The van der Waals surface area contributed by atoms with E-state index in [4.69, 9.17) is 16.3 Å². The number of nitrogens with zero attached hydrogens (tertiary/aromatic N) is 3. The van der Waals surface area contributed by atoms with Gasteiger partial charge in [0.15, 0.2) is 0 Å². The molecule has 0 radical (unpaired) electrons. The zero-order chi connectivity index (χ0) is 27.3. The molecule has 2 N–H and O–H groups in total. The lowest BCUT2D eigenvalue weighted by Crippen LogP contribution is -2.53. The summed E-state index contributed by atoms with van der Waals surface area (Å²) in [7, 11) is 0. The highest BCUT2D eigenvalue weighted by Gasteiger charge is 2.38. The molecule has 1 aromatic carbocycles. The van der Waals surface area contributed by atoms with E-state index in [2.05, 4.69) is 15.3 Å². The molecule has 12 heteroatoms. The summed E-state index contributed by atoms with van der Waals surface area (Å²) in [6.45, 7) is 0.698. The maximum atomic E-state index is 13.1. The summed E-state index contributed by atoms with van der Waals surface area (Å²) >= 11 is 5.94. The number of aromatic nitrogens is 3. The molecule has 3 heterocycles. The molecule has 0 spiro atoms. The smallest absolute Gasteiger partial charge is 0.389 e. The van der Waals surface area contributed by atoms with Gasteiger partial charge in [-0.05, 0) is 30.7 Å². The highest BCUT2D eigenvalue weighted by Crippen LogP contribution is 2.26. The highest BCUT2D eigenvalue weighted by atomic mass is 35.5. The minimum Gasteiger partial charge on any atom is -0.396 e. The molecule has 202 valence electrons. The van der Waals surface area contributed by atoms with Gasteiger partial charge in [0, 0.05) is 36.0 Å². The topological polar surface area (TPSA) is 106 Å². The summed E-state index contributed by atoms with van der Waals surface area (Å²) in [5.74, 6) is -0.279. The largest absolute Gasteiger partial charge is 0.396 e. The average Bonchev–Trinajstić information content (AvgIpc) is 2.85. The Hall–Kier alpha value is -3.28. The van der Waals surface area contributed by atoms with Gasteiger partial charge in [-0.1, -0.05) is 29.8 Å². The Morgan fingerprint density at radius 3 is 2.53 bits per heavy atom. The number of aryl methyl sites for hydroxylation is 1. The van der Waals surface area contributed by atoms with Crippen molar-refractivity contribution < 1.29 is 27.8 Å². The van der Waals surface area contributed by atoms with Crippen molar-refractivity contribution in [1.29, 1.82) is 0 Å². The lowest BCUT2D eigenvalue weighted by molar-refractivity contribution is -0.135. The van der Waals surface area contributed by atoms with E-state index in [9.17, 15) is 27.9 Å². The molecule has 0 atom stereocenters. The molecule has 1 fully saturated rings.